The molecule has 0 fully saturated rings. The molecule has 0 radical (unpaired) electrons. The summed E-state index contributed by atoms with van der Waals surface area (Å²) >= 11 is 0. The average Bonchev–Trinajstić information content (AvgIpc) is 2.83. The number of nitrogens with zero attached hydrogens (tertiary/aromatic N) is 2. The van der Waals surface area contributed by atoms with Gasteiger partial charge in [-0.05, 0) is 24.6 Å². The van der Waals surface area contributed by atoms with Gasteiger partial charge in [0.15, 0.2) is 0 Å². The molecule has 7 heteroatoms. The lowest BCUT2D eigenvalue weighted by Gasteiger charge is -2.15. The van der Waals surface area contributed by atoms with Crippen LogP contribution in [-0.4, -0.2) is 23.1 Å². The van der Waals surface area contributed by atoms with E-state index in [1.165, 1.54) is 12.4 Å². The highest BCUT2D eigenvalue weighted by molar-refractivity contribution is 5.42. The summed E-state index contributed by atoms with van der Waals surface area (Å²) in [6.07, 6.45) is -1.56. The third kappa shape index (κ3) is 4.40. The SMILES string of the molecule is COc1cccc([C@@H](C)Nc2cnn(CC(F)(F)F)c2)c1. The van der Waals surface area contributed by atoms with Crippen LogP contribution in [0.1, 0.15) is 18.5 Å². The minimum atomic E-state index is -4.28. The van der Waals surface area contributed by atoms with Gasteiger partial charge in [-0.25, -0.2) is 0 Å². The summed E-state index contributed by atoms with van der Waals surface area (Å²) in [5.41, 5.74) is 1.51. The molecule has 2 aromatic rings. The minimum Gasteiger partial charge on any atom is -0.497 e. The van der Waals surface area contributed by atoms with Gasteiger partial charge in [0.2, 0.25) is 0 Å². The van der Waals surface area contributed by atoms with Gasteiger partial charge in [0.05, 0.1) is 19.0 Å². The monoisotopic (exact) mass is 299 g/mol. The molecule has 0 spiro atoms. The van der Waals surface area contributed by atoms with E-state index in [0.29, 0.717) is 5.69 Å². The number of nitrogens with one attached hydrogen (secondary N) is 1. The summed E-state index contributed by atoms with van der Waals surface area (Å²) in [4.78, 5) is 0. The molecule has 0 amide bonds. The molecule has 0 aliphatic carbocycles. The molecule has 0 aliphatic heterocycles. The predicted molar refractivity (Wildman–Crippen MR) is 73.3 cm³/mol. The number of methoxy groups -OCH3 is 1. The highest BCUT2D eigenvalue weighted by atomic mass is 19.4. The van der Waals surface area contributed by atoms with Gasteiger partial charge < -0.3 is 10.1 Å². The van der Waals surface area contributed by atoms with Crippen LogP contribution in [0.5, 0.6) is 5.75 Å². The van der Waals surface area contributed by atoms with Gasteiger partial charge in [0.25, 0.3) is 0 Å². The van der Waals surface area contributed by atoms with Gasteiger partial charge in [-0.2, -0.15) is 18.3 Å². The van der Waals surface area contributed by atoms with Crippen LogP contribution in [-0.2, 0) is 6.54 Å². The Bertz CT molecular complexity index is 595. The Morgan fingerprint density at radius 3 is 2.81 bits per heavy atom. The van der Waals surface area contributed by atoms with E-state index in [9.17, 15) is 13.2 Å². The standard InChI is InChI=1S/C14H16F3N3O/c1-10(11-4-3-5-13(6-11)21-2)19-12-7-18-20(8-12)9-14(15,16)17/h3-8,10,19H,9H2,1-2H3/t10-/m1/s1. The zero-order valence-corrected chi connectivity index (χ0v) is 11.7. The molecule has 1 atom stereocenters. The Kier molecular flexibility index (Phi) is 4.40. The molecule has 1 aromatic carbocycles. The lowest BCUT2D eigenvalue weighted by molar-refractivity contribution is -0.142. The van der Waals surface area contributed by atoms with Crippen molar-refractivity contribution in [2.45, 2.75) is 25.7 Å². The first kappa shape index (κ1) is 15.2. The molecule has 0 saturated carbocycles. The van der Waals surface area contributed by atoms with Gasteiger partial charge in [0, 0.05) is 12.2 Å². The van der Waals surface area contributed by atoms with Crippen LogP contribution in [0, 0.1) is 0 Å². The molecule has 0 unspecified atom stereocenters. The second kappa shape index (κ2) is 6.07. The maximum absolute atomic E-state index is 12.3. The maximum Gasteiger partial charge on any atom is 0.408 e. The van der Waals surface area contributed by atoms with Gasteiger partial charge >= 0.3 is 6.18 Å². The van der Waals surface area contributed by atoms with Crippen molar-refractivity contribution in [3.8, 4) is 5.75 Å². The van der Waals surface area contributed by atoms with E-state index in [0.717, 1.165) is 16.0 Å². The van der Waals surface area contributed by atoms with Crippen LogP contribution in [0.2, 0.25) is 0 Å². The lowest BCUT2D eigenvalue weighted by atomic mass is 10.1. The van der Waals surface area contributed by atoms with Crippen molar-refractivity contribution >= 4 is 5.69 Å². The fourth-order valence-electron chi connectivity index (χ4n) is 1.95. The second-order valence-corrected chi connectivity index (χ2v) is 4.68. The number of alkyl halides is 3. The molecule has 1 heterocycles. The molecule has 1 N–H and O–H groups in total. The predicted octanol–water partition coefficient (Wildman–Crippen LogP) is 3.63. The van der Waals surface area contributed by atoms with Crippen molar-refractivity contribution in [2.75, 3.05) is 12.4 Å². The third-order valence-corrected chi connectivity index (χ3v) is 2.95. The van der Waals surface area contributed by atoms with Crippen molar-refractivity contribution < 1.29 is 17.9 Å². The quantitative estimate of drug-likeness (QED) is 0.916. The Morgan fingerprint density at radius 1 is 1.38 bits per heavy atom. The van der Waals surface area contributed by atoms with E-state index in [4.69, 9.17) is 4.74 Å². The molecule has 0 saturated heterocycles. The summed E-state index contributed by atoms with van der Waals surface area (Å²) in [6.45, 7) is 0.818. The number of aromatic nitrogens is 2. The van der Waals surface area contributed by atoms with Crippen LogP contribution in [0.4, 0.5) is 18.9 Å². The largest absolute Gasteiger partial charge is 0.497 e. The molecular formula is C14H16F3N3O. The van der Waals surface area contributed by atoms with Gasteiger partial charge in [0.1, 0.15) is 12.3 Å². The smallest absolute Gasteiger partial charge is 0.408 e. The lowest BCUT2D eigenvalue weighted by Crippen LogP contribution is -2.17. The Hall–Kier alpha value is -2.18. The fourth-order valence-corrected chi connectivity index (χ4v) is 1.95. The van der Waals surface area contributed by atoms with E-state index in [1.54, 1.807) is 7.11 Å². The zero-order chi connectivity index (χ0) is 15.5. The van der Waals surface area contributed by atoms with E-state index in [-0.39, 0.29) is 6.04 Å². The minimum absolute atomic E-state index is 0.0800. The van der Waals surface area contributed by atoms with Crippen LogP contribution >= 0.6 is 0 Å². The number of hydrogen-bond acceptors (Lipinski definition) is 3. The van der Waals surface area contributed by atoms with Crippen molar-refractivity contribution in [2.24, 2.45) is 0 Å². The third-order valence-electron chi connectivity index (χ3n) is 2.95. The summed E-state index contributed by atoms with van der Waals surface area (Å²) < 4.78 is 42.8. The number of hydrogen-bond donors (Lipinski definition) is 1. The Balaban J connectivity index is 2.04. The molecule has 21 heavy (non-hydrogen) atoms. The molecule has 0 aliphatic rings. The molecule has 4 nitrogen and oxygen atoms in total. The molecule has 2 rings (SSSR count). The summed E-state index contributed by atoms with van der Waals surface area (Å²) in [5.74, 6) is 0.730. The first-order valence-electron chi connectivity index (χ1n) is 6.37. The second-order valence-electron chi connectivity index (χ2n) is 4.68. The molecular weight excluding hydrogens is 283 g/mol. The van der Waals surface area contributed by atoms with Crippen molar-refractivity contribution in [1.29, 1.82) is 0 Å². The number of rotatable bonds is 5. The zero-order valence-electron chi connectivity index (χ0n) is 11.7. The number of ether oxygens (including phenoxy) is 1. The fraction of sp³-hybridized carbons (Fsp3) is 0.357. The van der Waals surface area contributed by atoms with Crippen molar-refractivity contribution in [1.82, 2.24) is 9.78 Å². The normalized spacial score (nSPS) is 13.0. The molecule has 114 valence electrons. The van der Waals surface area contributed by atoms with Crippen molar-refractivity contribution in [3.05, 3.63) is 42.2 Å². The van der Waals surface area contributed by atoms with Gasteiger partial charge in [-0.1, -0.05) is 12.1 Å². The molecule has 1 aromatic heterocycles. The van der Waals surface area contributed by atoms with Crippen molar-refractivity contribution in [3.63, 3.8) is 0 Å². The highest BCUT2D eigenvalue weighted by Crippen LogP contribution is 2.23. The van der Waals surface area contributed by atoms with E-state index in [1.807, 2.05) is 31.2 Å². The van der Waals surface area contributed by atoms with Crippen LogP contribution in [0.15, 0.2) is 36.7 Å². The average molecular weight is 299 g/mol. The Morgan fingerprint density at radius 2 is 2.14 bits per heavy atom. The first-order chi connectivity index (χ1) is 9.87. The van der Waals surface area contributed by atoms with Crippen LogP contribution in [0.3, 0.4) is 0 Å². The first-order valence-corrected chi connectivity index (χ1v) is 6.37. The van der Waals surface area contributed by atoms with E-state index >= 15 is 0 Å². The van der Waals surface area contributed by atoms with E-state index in [2.05, 4.69) is 10.4 Å². The summed E-state index contributed by atoms with van der Waals surface area (Å²) in [6, 6.07) is 7.40. The highest BCUT2D eigenvalue weighted by Gasteiger charge is 2.28. The van der Waals surface area contributed by atoms with Crippen LogP contribution < -0.4 is 10.1 Å². The van der Waals surface area contributed by atoms with Crippen LogP contribution in [0.25, 0.3) is 0 Å². The van der Waals surface area contributed by atoms with Gasteiger partial charge in [-0.3, -0.25) is 4.68 Å². The number of benzene rings is 1. The maximum atomic E-state index is 12.3. The number of anilines is 1. The Labute approximate surface area is 120 Å². The van der Waals surface area contributed by atoms with E-state index < -0.39 is 12.7 Å². The topological polar surface area (TPSA) is 39.1 Å². The summed E-state index contributed by atoms with van der Waals surface area (Å²) in [7, 11) is 1.58. The number of halogens is 3. The molecule has 0 bridgehead atoms. The van der Waals surface area contributed by atoms with Gasteiger partial charge in [-0.15, -0.1) is 0 Å². The summed E-state index contributed by atoms with van der Waals surface area (Å²) in [5, 5.41) is 6.80.